The first-order valence-electron chi connectivity index (χ1n) is 13.9. The van der Waals surface area contributed by atoms with Gasteiger partial charge in [-0.2, -0.15) is 0 Å². The minimum absolute atomic E-state index is 0.125. The first-order valence-corrected chi connectivity index (χ1v) is 13.9. The molecule has 0 aromatic heterocycles. The van der Waals surface area contributed by atoms with Crippen molar-refractivity contribution in [2.75, 3.05) is 13.7 Å². The van der Waals surface area contributed by atoms with Crippen molar-refractivity contribution in [3.63, 3.8) is 0 Å². The average Bonchev–Trinajstić information content (AvgIpc) is 2.85. The molecule has 0 unspecified atom stereocenters. The third-order valence-electron chi connectivity index (χ3n) is 6.14. The van der Waals surface area contributed by atoms with Gasteiger partial charge in [0.25, 0.3) is 0 Å². The zero-order valence-electron chi connectivity index (χ0n) is 22.3. The van der Waals surface area contributed by atoms with Crippen LogP contribution in [0.15, 0.2) is 30.4 Å². The van der Waals surface area contributed by atoms with E-state index in [0.29, 0.717) is 19.6 Å². The number of carbonyl (C=O) groups is 1. The molecule has 0 radical (unpaired) electrons. The van der Waals surface area contributed by atoms with Crippen molar-refractivity contribution in [2.45, 2.75) is 123 Å². The molecule has 0 fully saturated rings. The quantitative estimate of drug-likeness (QED) is 0.136. The van der Waals surface area contributed by atoms with E-state index in [4.69, 9.17) is 9.47 Å². The maximum atomic E-state index is 12.2. The van der Waals surface area contributed by atoms with Crippen LogP contribution in [-0.4, -0.2) is 19.6 Å². The molecule has 0 bridgehead atoms. The summed E-state index contributed by atoms with van der Waals surface area (Å²) in [5.74, 6) is 1.61. The number of ether oxygens (including phenoxy) is 2. The van der Waals surface area contributed by atoms with Gasteiger partial charge in [0.2, 0.25) is 5.91 Å². The number of hydrogen-bond acceptors (Lipinski definition) is 3. The van der Waals surface area contributed by atoms with Crippen LogP contribution in [0, 0.1) is 0 Å². The fourth-order valence-electron chi connectivity index (χ4n) is 3.91. The zero-order valence-corrected chi connectivity index (χ0v) is 22.3. The van der Waals surface area contributed by atoms with Gasteiger partial charge in [0.05, 0.1) is 13.7 Å². The van der Waals surface area contributed by atoms with Crippen molar-refractivity contribution in [1.82, 2.24) is 5.32 Å². The Morgan fingerprint density at radius 3 is 2.06 bits per heavy atom. The van der Waals surface area contributed by atoms with Crippen molar-refractivity contribution in [1.29, 1.82) is 0 Å². The van der Waals surface area contributed by atoms with Gasteiger partial charge < -0.3 is 14.8 Å². The molecule has 194 valence electrons. The van der Waals surface area contributed by atoms with Crippen molar-refractivity contribution >= 4 is 5.91 Å². The summed E-state index contributed by atoms with van der Waals surface area (Å²) in [6, 6.07) is 5.87. The molecule has 0 aliphatic carbocycles. The Morgan fingerprint density at radius 2 is 1.41 bits per heavy atom. The van der Waals surface area contributed by atoms with Crippen LogP contribution in [0.2, 0.25) is 0 Å². The number of rotatable bonds is 22. The normalized spacial score (nSPS) is 11.1. The van der Waals surface area contributed by atoms with E-state index in [-0.39, 0.29) is 5.91 Å². The van der Waals surface area contributed by atoms with Crippen LogP contribution in [0.1, 0.15) is 122 Å². The molecule has 4 nitrogen and oxygen atoms in total. The molecule has 1 N–H and O–H groups in total. The Hall–Kier alpha value is -1.97. The predicted molar refractivity (Wildman–Crippen MR) is 145 cm³/mol. The van der Waals surface area contributed by atoms with E-state index in [9.17, 15) is 4.79 Å². The van der Waals surface area contributed by atoms with Gasteiger partial charge in [0.15, 0.2) is 11.5 Å². The van der Waals surface area contributed by atoms with Crippen molar-refractivity contribution in [3.8, 4) is 11.5 Å². The van der Waals surface area contributed by atoms with Crippen LogP contribution < -0.4 is 14.8 Å². The Balaban J connectivity index is 2.03. The molecule has 0 atom stereocenters. The van der Waals surface area contributed by atoms with E-state index in [0.717, 1.165) is 42.7 Å². The van der Waals surface area contributed by atoms with Crippen LogP contribution in [0.4, 0.5) is 0 Å². The third-order valence-corrected chi connectivity index (χ3v) is 6.14. The van der Waals surface area contributed by atoms with Gasteiger partial charge in [-0.15, -0.1) is 0 Å². The number of methoxy groups -OCH3 is 1. The first-order chi connectivity index (χ1) is 16.7. The molecule has 1 aromatic carbocycles. The Morgan fingerprint density at radius 1 is 0.794 bits per heavy atom. The summed E-state index contributed by atoms with van der Waals surface area (Å²) < 4.78 is 11.2. The highest BCUT2D eigenvalue weighted by Gasteiger charge is 2.07. The zero-order chi connectivity index (χ0) is 24.7. The second-order valence-electron chi connectivity index (χ2n) is 9.30. The van der Waals surface area contributed by atoms with E-state index in [1.54, 1.807) is 7.11 Å². The highest BCUT2D eigenvalue weighted by molar-refractivity contribution is 5.75. The van der Waals surface area contributed by atoms with Crippen LogP contribution in [0.25, 0.3) is 0 Å². The molecule has 0 saturated carbocycles. The lowest BCUT2D eigenvalue weighted by molar-refractivity contribution is -0.121. The summed E-state index contributed by atoms with van der Waals surface area (Å²) in [4.78, 5) is 12.2. The monoisotopic (exact) mass is 473 g/mol. The minimum Gasteiger partial charge on any atom is -0.493 e. The number of allylic oxidation sites excluding steroid dienone is 2. The fourth-order valence-corrected chi connectivity index (χ4v) is 3.91. The first kappa shape index (κ1) is 30.1. The maximum Gasteiger partial charge on any atom is 0.220 e. The molecule has 34 heavy (non-hydrogen) atoms. The number of carbonyl (C=O) groups excluding carboxylic acids is 1. The highest BCUT2D eigenvalue weighted by atomic mass is 16.5. The van der Waals surface area contributed by atoms with Crippen molar-refractivity contribution < 1.29 is 14.3 Å². The molecule has 4 heteroatoms. The third kappa shape index (κ3) is 15.8. The van der Waals surface area contributed by atoms with Gasteiger partial charge in [0, 0.05) is 13.0 Å². The molecule has 0 heterocycles. The largest absolute Gasteiger partial charge is 0.493 e. The lowest BCUT2D eigenvalue weighted by atomic mass is 10.1. The smallest absolute Gasteiger partial charge is 0.220 e. The minimum atomic E-state index is 0.125. The van der Waals surface area contributed by atoms with Crippen LogP contribution in [0.3, 0.4) is 0 Å². The summed E-state index contributed by atoms with van der Waals surface area (Å²) in [5, 5.41) is 3.03. The van der Waals surface area contributed by atoms with Gasteiger partial charge in [-0.1, -0.05) is 89.9 Å². The number of hydrogen-bond donors (Lipinski definition) is 1. The summed E-state index contributed by atoms with van der Waals surface area (Å²) in [6.07, 6.45) is 24.0. The SMILES string of the molecule is CCCCCCCC/C=C\CCCCCCCC(=O)NCc1ccc(OCCCC)c(OC)c1. The highest BCUT2D eigenvalue weighted by Crippen LogP contribution is 2.28. The number of benzene rings is 1. The van der Waals surface area contributed by atoms with Gasteiger partial charge in [-0.05, 0) is 56.2 Å². The molecule has 1 amide bonds. The summed E-state index contributed by atoms with van der Waals surface area (Å²) in [6.45, 7) is 5.63. The maximum absolute atomic E-state index is 12.2. The van der Waals surface area contributed by atoms with Crippen LogP contribution in [0.5, 0.6) is 11.5 Å². The summed E-state index contributed by atoms with van der Waals surface area (Å²) >= 11 is 0. The second-order valence-corrected chi connectivity index (χ2v) is 9.30. The molecular formula is C30H51NO3. The van der Waals surface area contributed by atoms with Crippen LogP contribution in [-0.2, 0) is 11.3 Å². The fraction of sp³-hybridized carbons (Fsp3) is 0.700. The lowest BCUT2D eigenvalue weighted by Crippen LogP contribution is -2.22. The van der Waals surface area contributed by atoms with Gasteiger partial charge >= 0.3 is 0 Å². The number of unbranched alkanes of at least 4 members (excludes halogenated alkanes) is 12. The average molecular weight is 474 g/mol. The Bertz CT molecular complexity index is 656. The van der Waals surface area contributed by atoms with E-state index in [1.807, 2.05) is 18.2 Å². The molecule has 0 spiro atoms. The van der Waals surface area contributed by atoms with E-state index in [2.05, 4.69) is 31.3 Å². The van der Waals surface area contributed by atoms with E-state index < -0.39 is 0 Å². The van der Waals surface area contributed by atoms with Gasteiger partial charge in [0.1, 0.15) is 0 Å². The molecule has 0 saturated heterocycles. The molecule has 1 aromatic rings. The van der Waals surface area contributed by atoms with Crippen LogP contribution >= 0.6 is 0 Å². The van der Waals surface area contributed by atoms with Crippen molar-refractivity contribution in [3.05, 3.63) is 35.9 Å². The second kappa shape index (κ2) is 21.6. The Labute approximate surface area is 209 Å². The number of nitrogens with one attached hydrogen (secondary N) is 1. The topological polar surface area (TPSA) is 47.6 Å². The Kier molecular flexibility index (Phi) is 19.1. The van der Waals surface area contributed by atoms with Crippen molar-refractivity contribution in [2.24, 2.45) is 0 Å². The van der Waals surface area contributed by atoms with E-state index in [1.165, 1.54) is 70.6 Å². The lowest BCUT2D eigenvalue weighted by Gasteiger charge is -2.12. The molecular weight excluding hydrogens is 422 g/mol. The number of amides is 1. The molecule has 0 aliphatic rings. The molecule has 0 aliphatic heterocycles. The van der Waals surface area contributed by atoms with E-state index >= 15 is 0 Å². The summed E-state index contributed by atoms with van der Waals surface area (Å²) in [5.41, 5.74) is 1.03. The molecule has 1 rings (SSSR count). The predicted octanol–water partition coefficient (Wildman–Crippen LogP) is 8.53. The van der Waals surface area contributed by atoms with Gasteiger partial charge in [-0.25, -0.2) is 0 Å². The summed E-state index contributed by atoms with van der Waals surface area (Å²) in [7, 11) is 1.65. The standard InChI is InChI=1S/C30H51NO3/c1-4-6-8-9-10-11-12-13-14-15-16-17-18-19-20-21-30(32)31-26-27-22-23-28(29(25-27)33-3)34-24-7-5-2/h13-14,22-23,25H,4-12,15-21,24,26H2,1-3H3,(H,31,32)/b14-13-. The van der Waals surface area contributed by atoms with Gasteiger partial charge in [-0.3, -0.25) is 4.79 Å².